The maximum Gasteiger partial charge on any atom is 0.248 e. The zero-order valence-corrected chi connectivity index (χ0v) is 11.3. The number of carbonyl (C=O) groups is 1. The standard InChI is InChI=1S/C15H15N5O/c1-2-3-12(16)13-8-9-18-15(20-13)19-11-6-4-10(5-7-11)14(17)21/h2-9H,1,16H2,(H2,17,21)(H,18,19,20)/b12-3-. The van der Waals surface area contributed by atoms with E-state index in [2.05, 4.69) is 21.9 Å². The first-order chi connectivity index (χ1) is 10.1. The van der Waals surface area contributed by atoms with Crippen molar-refractivity contribution in [2.75, 3.05) is 5.32 Å². The Kier molecular flexibility index (Phi) is 4.30. The highest BCUT2D eigenvalue weighted by atomic mass is 16.1. The van der Waals surface area contributed by atoms with Gasteiger partial charge in [-0.2, -0.15) is 0 Å². The highest BCUT2D eigenvalue weighted by Gasteiger charge is 2.03. The Hall–Kier alpha value is -3.15. The van der Waals surface area contributed by atoms with E-state index in [4.69, 9.17) is 11.5 Å². The molecule has 0 radical (unpaired) electrons. The minimum Gasteiger partial charge on any atom is -0.397 e. The molecule has 21 heavy (non-hydrogen) atoms. The molecule has 0 saturated heterocycles. The number of benzene rings is 1. The molecule has 1 amide bonds. The molecule has 0 saturated carbocycles. The number of amides is 1. The Balaban J connectivity index is 2.19. The van der Waals surface area contributed by atoms with Crippen LogP contribution in [0.3, 0.4) is 0 Å². The molecule has 6 nitrogen and oxygen atoms in total. The summed E-state index contributed by atoms with van der Waals surface area (Å²) in [7, 11) is 0. The number of carbonyl (C=O) groups excluding carboxylic acids is 1. The van der Waals surface area contributed by atoms with Crippen LogP contribution in [0.25, 0.3) is 5.70 Å². The molecule has 0 aliphatic rings. The fourth-order valence-corrected chi connectivity index (χ4v) is 1.64. The lowest BCUT2D eigenvalue weighted by Gasteiger charge is -2.07. The summed E-state index contributed by atoms with van der Waals surface area (Å²) in [6.45, 7) is 3.59. The molecular weight excluding hydrogens is 266 g/mol. The normalized spacial score (nSPS) is 11.0. The molecule has 2 aromatic rings. The Morgan fingerprint density at radius 3 is 2.52 bits per heavy atom. The average molecular weight is 281 g/mol. The summed E-state index contributed by atoms with van der Waals surface area (Å²) < 4.78 is 0. The Labute approximate surface area is 122 Å². The van der Waals surface area contributed by atoms with Gasteiger partial charge in [0.05, 0.1) is 11.4 Å². The number of anilines is 2. The first-order valence-corrected chi connectivity index (χ1v) is 6.18. The summed E-state index contributed by atoms with van der Waals surface area (Å²) in [6, 6.07) is 8.40. The molecule has 0 fully saturated rings. The van der Waals surface area contributed by atoms with Gasteiger partial charge in [-0.15, -0.1) is 0 Å². The van der Waals surface area contributed by atoms with E-state index in [1.165, 1.54) is 0 Å². The molecule has 106 valence electrons. The van der Waals surface area contributed by atoms with Gasteiger partial charge in [0.25, 0.3) is 0 Å². The van der Waals surface area contributed by atoms with Crippen molar-refractivity contribution in [1.29, 1.82) is 0 Å². The van der Waals surface area contributed by atoms with Crippen molar-refractivity contribution < 1.29 is 4.79 Å². The smallest absolute Gasteiger partial charge is 0.248 e. The van der Waals surface area contributed by atoms with E-state index in [0.29, 0.717) is 22.9 Å². The summed E-state index contributed by atoms with van der Waals surface area (Å²) >= 11 is 0. The number of nitrogens with zero attached hydrogens (tertiary/aromatic N) is 2. The van der Waals surface area contributed by atoms with Crippen molar-refractivity contribution in [3.05, 3.63) is 66.5 Å². The molecule has 5 N–H and O–H groups in total. The maximum absolute atomic E-state index is 11.0. The van der Waals surface area contributed by atoms with Crippen molar-refractivity contribution in [2.24, 2.45) is 11.5 Å². The summed E-state index contributed by atoms with van der Waals surface area (Å²) in [5.41, 5.74) is 13.3. The molecule has 0 unspecified atom stereocenters. The van der Waals surface area contributed by atoms with E-state index in [0.717, 1.165) is 5.69 Å². The summed E-state index contributed by atoms with van der Waals surface area (Å²) in [5, 5.41) is 3.02. The molecule has 0 spiro atoms. The third kappa shape index (κ3) is 3.66. The van der Waals surface area contributed by atoms with Crippen molar-refractivity contribution >= 4 is 23.2 Å². The topological polar surface area (TPSA) is 107 Å². The van der Waals surface area contributed by atoms with Crippen molar-refractivity contribution in [1.82, 2.24) is 9.97 Å². The number of rotatable bonds is 5. The monoisotopic (exact) mass is 281 g/mol. The van der Waals surface area contributed by atoms with Gasteiger partial charge in [-0.25, -0.2) is 9.97 Å². The van der Waals surface area contributed by atoms with E-state index < -0.39 is 5.91 Å². The molecule has 6 heteroatoms. The van der Waals surface area contributed by atoms with Crippen molar-refractivity contribution in [2.45, 2.75) is 0 Å². The Bertz CT molecular complexity index is 691. The highest BCUT2D eigenvalue weighted by Crippen LogP contribution is 2.15. The molecule has 1 heterocycles. The lowest BCUT2D eigenvalue weighted by molar-refractivity contribution is 0.100. The number of nitrogens with one attached hydrogen (secondary N) is 1. The largest absolute Gasteiger partial charge is 0.397 e. The van der Waals surface area contributed by atoms with Crippen LogP contribution in [-0.4, -0.2) is 15.9 Å². The number of aromatic nitrogens is 2. The van der Waals surface area contributed by atoms with Crippen molar-refractivity contribution in [3.8, 4) is 0 Å². The van der Waals surface area contributed by atoms with Gasteiger partial charge < -0.3 is 16.8 Å². The van der Waals surface area contributed by atoms with Crippen LogP contribution in [0.5, 0.6) is 0 Å². The van der Waals surface area contributed by atoms with E-state index in [1.54, 1.807) is 48.7 Å². The maximum atomic E-state index is 11.0. The first-order valence-electron chi connectivity index (χ1n) is 6.18. The van der Waals surface area contributed by atoms with Crippen LogP contribution in [-0.2, 0) is 0 Å². The van der Waals surface area contributed by atoms with Crippen LogP contribution in [0, 0.1) is 0 Å². The van der Waals surface area contributed by atoms with Crippen LogP contribution in [0.4, 0.5) is 11.6 Å². The van der Waals surface area contributed by atoms with Gasteiger partial charge in [-0.05, 0) is 36.4 Å². The summed E-state index contributed by atoms with van der Waals surface area (Å²) in [5.74, 6) is -0.0677. The molecule has 0 atom stereocenters. The van der Waals surface area contributed by atoms with Gasteiger partial charge in [0.15, 0.2) is 0 Å². The fraction of sp³-hybridized carbons (Fsp3) is 0. The summed E-state index contributed by atoms with van der Waals surface area (Å²) in [6.07, 6.45) is 4.85. The summed E-state index contributed by atoms with van der Waals surface area (Å²) in [4.78, 5) is 19.4. The van der Waals surface area contributed by atoms with Gasteiger partial charge >= 0.3 is 0 Å². The van der Waals surface area contributed by atoms with Gasteiger partial charge in [0.1, 0.15) is 0 Å². The number of allylic oxidation sites excluding steroid dienone is 2. The number of primary amides is 1. The SMILES string of the molecule is C=C/C=C(\N)c1ccnc(Nc2ccc(C(N)=O)cc2)n1. The lowest BCUT2D eigenvalue weighted by atomic mass is 10.2. The van der Waals surface area contributed by atoms with E-state index in [9.17, 15) is 4.79 Å². The third-order valence-electron chi connectivity index (χ3n) is 2.67. The molecule has 1 aromatic heterocycles. The predicted octanol–water partition coefficient (Wildman–Crippen LogP) is 1.80. The zero-order valence-electron chi connectivity index (χ0n) is 11.3. The van der Waals surface area contributed by atoms with Crippen LogP contribution >= 0.6 is 0 Å². The predicted molar refractivity (Wildman–Crippen MR) is 82.6 cm³/mol. The molecule has 0 aliphatic heterocycles. The third-order valence-corrected chi connectivity index (χ3v) is 2.67. The fourth-order valence-electron chi connectivity index (χ4n) is 1.64. The second-order valence-electron chi connectivity index (χ2n) is 4.19. The van der Waals surface area contributed by atoms with Crippen LogP contribution in [0.15, 0.2) is 55.3 Å². The van der Waals surface area contributed by atoms with Crippen LogP contribution < -0.4 is 16.8 Å². The first kappa shape index (κ1) is 14.3. The molecule has 0 aliphatic carbocycles. The molecular formula is C15H15N5O. The van der Waals surface area contributed by atoms with E-state index in [1.807, 2.05) is 0 Å². The molecule has 1 aromatic carbocycles. The van der Waals surface area contributed by atoms with E-state index >= 15 is 0 Å². The van der Waals surface area contributed by atoms with Gasteiger partial charge in [-0.1, -0.05) is 12.7 Å². The lowest BCUT2D eigenvalue weighted by Crippen LogP contribution is -2.10. The second-order valence-corrected chi connectivity index (χ2v) is 4.19. The minimum absolute atomic E-state index is 0.403. The van der Waals surface area contributed by atoms with Crippen molar-refractivity contribution in [3.63, 3.8) is 0 Å². The van der Waals surface area contributed by atoms with E-state index in [-0.39, 0.29) is 0 Å². The van der Waals surface area contributed by atoms with Gasteiger partial charge in [0.2, 0.25) is 11.9 Å². The highest BCUT2D eigenvalue weighted by molar-refractivity contribution is 5.93. The van der Waals surface area contributed by atoms with Gasteiger partial charge in [-0.3, -0.25) is 4.79 Å². The van der Waals surface area contributed by atoms with Gasteiger partial charge in [0, 0.05) is 17.4 Å². The number of nitrogens with two attached hydrogens (primary N) is 2. The van der Waals surface area contributed by atoms with Crippen LogP contribution in [0.2, 0.25) is 0 Å². The Morgan fingerprint density at radius 1 is 1.19 bits per heavy atom. The minimum atomic E-state index is -0.470. The second kappa shape index (κ2) is 6.33. The molecule has 2 rings (SSSR count). The quantitative estimate of drug-likeness (QED) is 0.724. The number of hydrogen-bond donors (Lipinski definition) is 3. The number of hydrogen-bond acceptors (Lipinski definition) is 5. The van der Waals surface area contributed by atoms with Crippen LogP contribution in [0.1, 0.15) is 16.1 Å². The average Bonchev–Trinajstić information content (AvgIpc) is 2.48. The molecule has 0 bridgehead atoms. The Morgan fingerprint density at radius 2 is 1.90 bits per heavy atom. The zero-order chi connectivity index (χ0) is 15.2.